The molecule has 0 spiro atoms. The number of hydrogen-bond acceptors (Lipinski definition) is 6. The Morgan fingerprint density at radius 2 is 2.36 bits per heavy atom. The van der Waals surface area contributed by atoms with Crippen LogP contribution in [0.5, 0.6) is 0 Å². The summed E-state index contributed by atoms with van der Waals surface area (Å²) in [6.07, 6.45) is 4.28. The zero-order valence-electron chi connectivity index (χ0n) is 14.2. The molecule has 1 saturated carbocycles. The van der Waals surface area contributed by atoms with Crippen LogP contribution in [0.25, 0.3) is 0 Å². The first-order valence-electron chi connectivity index (χ1n) is 8.46. The molecule has 2 heterocycles. The molecule has 0 unspecified atom stereocenters. The van der Waals surface area contributed by atoms with Crippen molar-refractivity contribution in [3.63, 3.8) is 0 Å². The molecule has 1 aliphatic carbocycles. The fraction of sp³-hybridized carbons (Fsp3) is 0.529. The van der Waals surface area contributed by atoms with Gasteiger partial charge in [-0.2, -0.15) is 5.26 Å². The van der Waals surface area contributed by atoms with Crippen LogP contribution in [0.3, 0.4) is 0 Å². The van der Waals surface area contributed by atoms with Crippen LogP contribution in [0, 0.1) is 11.3 Å². The van der Waals surface area contributed by atoms with E-state index in [0.717, 1.165) is 29.6 Å². The number of rotatable bonds is 9. The van der Waals surface area contributed by atoms with Crippen molar-refractivity contribution in [3.8, 4) is 6.07 Å². The van der Waals surface area contributed by atoms with E-state index in [0.29, 0.717) is 37.7 Å². The highest BCUT2D eigenvalue weighted by Crippen LogP contribution is 2.40. The molecule has 0 aliphatic heterocycles. The zero-order valence-corrected chi connectivity index (χ0v) is 15.0. The van der Waals surface area contributed by atoms with Gasteiger partial charge in [0.25, 0.3) is 0 Å². The number of nitrogens with zero attached hydrogens (tertiary/aromatic N) is 5. The minimum absolute atomic E-state index is 0.0169. The van der Waals surface area contributed by atoms with Crippen molar-refractivity contribution >= 4 is 17.7 Å². The number of nitriles is 1. The van der Waals surface area contributed by atoms with Crippen LogP contribution in [0.15, 0.2) is 28.0 Å². The lowest BCUT2D eigenvalue weighted by molar-refractivity contribution is -0.128. The van der Waals surface area contributed by atoms with Gasteiger partial charge in [-0.1, -0.05) is 11.8 Å². The summed E-state index contributed by atoms with van der Waals surface area (Å²) < 4.78 is 7.51. The number of furan rings is 1. The van der Waals surface area contributed by atoms with E-state index in [1.807, 2.05) is 19.1 Å². The van der Waals surface area contributed by atoms with Gasteiger partial charge >= 0.3 is 0 Å². The van der Waals surface area contributed by atoms with Crippen molar-refractivity contribution in [2.45, 2.75) is 43.8 Å². The topological polar surface area (TPSA) is 88.0 Å². The van der Waals surface area contributed by atoms with Gasteiger partial charge in [-0.25, -0.2) is 0 Å². The van der Waals surface area contributed by atoms with Crippen molar-refractivity contribution in [1.29, 1.82) is 5.26 Å². The van der Waals surface area contributed by atoms with Crippen LogP contribution >= 0.6 is 11.8 Å². The molecule has 1 amide bonds. The lowest BCUT2D eigenvalue weighted by Crippen LogP contribution is -2.33. The molecule has 2 aromatic heterocycles. The second-order valence-corrected chi connectivity index (χ2v) is 6.89. The Kier molecular flexibility index (Phi) is 5.76. The fourth-order valence-corrected chi connectivity index (χ4v) is 3.47. The molecule has 0 radical (unpaired) electrons. The molecule has 132 valence electrons. The maximum atomic E-state index is 12.4. The summed E-state index contributed by atoms with van der Waals surface area (Å²) in [7, 11) is 0. The minimum Gasteiger partial charge on any atom is -0.467 e. The molecule has 7 nitrogen and oxygen atoms in total. The van der Waals surface area contributed by atoms with Gasteiger partial charge in [0.15, 0.2) is 5.16 Å². The van der Waals surface area contributed by atoms with Gasteiger partial charge in [-0.05, 0) is 31.9 Å². The van der Waals surface area contributed by atoms with Crippen LogP contribution in [-0.2, 0) is 11.3 Å². The first-order valence-corrected chi connectivity index (χ1v) is 9.44. The lowest BCUT2D eigenvalue weighted by Gasteiger charge is -2.19. The Bertz CT molecular complexity index is 746. The van der Waals surface area contributed by atoms with Crippen LogP contribution in [0.4, 0.5) is 0 Å². The average molecular weight is 359 g/mol. The quantitative estimate of drug-likeness (QED) is 0.640. The molecular formula is C17H21N5O2S. The van der Waals surface area contributed by atoms with Crippen LogP contribution in [-0.4, -0.2) is 44.4 Å². The summed E-state index contributed by atoms with van der Waals surface area (Å²) >= 11 is 1.39. The summed E-state index contributed by atoms with van der Waals surface area (Å²) in [6, 6.07) is 5.87. The van der Waals surface area contributed by atoms with Crippen molar-refractivity contribution in [2.24, 2.45) is 0 Å². The highest BCUT2D eigenvalue weighted by atomic mass is 32.2. The van der Waals surface area contributed by atoms with Gasteiger partial charge in [0, 0.05) is 19.0 Å². The van der Waals surface area contributed by atoms with E-state index in [1.54, 1.807) is 11.2 Å². The molecule has 8 heteroatoms. The predicted octanol–water partition coefficient (Wildman–Crippen LogP) is 2.65. The number of carbonyl (C=O) groups excluding carboxylic acids is 1. The standard InChI is InChI=1S/C17H21N5O2S/c1-2-21(9-4-8-18)15(23)12-25-17-20-19-16(13-6-7-13)22(17)11-14-5-3-10-24-14/h3,5,10,13H,2,4,6-7,9,11-12H2,1H3. The van der Waals surface area contributed by atoms with Crippen molar-refractivity contribution in [1.82, 2.24) is 19.7 Å². The lowest BCUT2D eigenvalue weighted by atomic mass is 10.3. The Morgan fingerprint density at radius 3 is 3.00 bits per heavy atom. The molecule has 3 rings (SSSR count). The van der Waals surface area contributed by atoms with Gasteiger partial charge in [0.1, 0.15) is 11.6 Å². The summed E-state index contributed by atoms with van der Waals surface area (Å²) in [5.41, 5.74) is 0. The Hall–Kier alpha value is -2.27. The summed E-state index contributed by atoms with van der Waals surface area (Å²) in [5.74, 6) is 2.60. The molecule has 1 fully saturated rings. The van der Waals surface area contributed by atoms with Crippen molar-refractivity contribution < 1.29 is 9.21 Å². The molecule has 25 heavy (non-hydrogen) atoms. The first-order chi connectivity index (χ1) is 12.2. The van der Waals surface area contributed by atoms with Gasteiger partial charge in [0.2, 0.25) is 5.91 Å². The van der Waals surface area contributed by atoms with E-state index in [9.17, 15) is 4.79 Å². The number of aromatic nitrogens is 3. The largest absolute Gasteiger partial charge is 0.467 e. The van der Waals surface area contributed by atoms with E-state index in [2.05, 4.69) is 20.8 Å². The average Bonchev–Trinajstić information content (AvgIpc) is 3.18. The predicted molar refractivity (Wildman–Crippen MR) is 93.0 cm³/mol. The molecular weight excluding hydrogens is 338 g/mol. The number of carbonyl (C=O) groups is 1. The van der Waals surface area contributed by atoms with E-state index in [-0.39, 0.29) is 5.91 Å². The maximum Gasteiger partial charge on any atom is 0.233 e. The van der Waals surface area contributed by atoms with E-state index >= 15 is 0 Å². The molecule has 1 aliphatic rings. The molecule has 0 aromatic carbocycles. The molecule has 0 atom stereocenters. The normalized spacial score (nSPS) is 13.6. The van der Waals surface area contributed by atoms with Gasteiger partial charge in [-0.15, -0.1) is 10.2 Å². The third-order valence-electron chi connectivity index (χ3n) is 4.13. The smallest absolute Gasteiger partial charge is 0.233 e. The highest BCUT2D eigenvalue weighted by molar-refractivity contribution is 7.99. The zero-order chi connectivity index (χ0) is 17.6. The second kappa shape index (κ2) is 8.21. The SMILES string of the molecule is CCN(CCC#N)C(=O)CSc1nnc(C2CC2)n1Cc1ccco1. The second-order valence-electron chi connectivity index (χ2n) is 5.95. The van der Waals surface area contributed by atoms with Crippen LogP contribution in [0.2, 0.25) is 0 Å². The monoisotopic (exact) mass is 359 g/mol. The molecule has 0 N–H and O–H groups in total. The number of amides is 1. The molecule has 0 bridgehead atoms. The number of hydrogen-bond donors (Lipinski definition) is 0. The third-order valence-corrected chi connectivity index (χ3v) is 5.09. The van der Waals surface area contributed by atoms with E-state index < -0.39 is 0 Å². The Balaban J connectivity index is 1.67. The molecule has 0 saturated heterocycles. The summed E-state index contributed by atoms with van der Waals surface area (Å²) in [6.45, 7) is 3.57. The summed E-state index contributed by atoms with van der Waals surface area (Å²) in [4.78, 5) is 14.1. The van der Waals surface area contributed by atoms with Gasteiger partial charge in [0.05, 0.1) is 31.1 Å². The third kappa shape index (κ3) is 4.42. The Morgan fingerprint density at radius 1 is 1.52 bits per heavy atom. The maximum absolute atomic E-state index is 12.4. The highest BCUT2D eigenvalue weighted by Gasteiger charge is 2.31. The fourth-order valence-electron chi connectivity index (χ4n) is 2.62. The summed E-state index contributed by atoms with van der Waals surface area (Å²) in [5, 5.41) is 18.1. The van der Waals surface area contributed by atoms with Crippen LogP contribution in [0.1, 0.15) is 43.7 Å². The van der Waals surface area contributed by atoms with Crippen molar-refractivity contribution in [3.05, 3.63) is 30.0 Å². The van der Waals surface area contributed by atoms with E-state index in [4.69, 9.17) is 9.68 Å². The Labute approximate surface area is 151 Å². The van der Waals surface area contributed by atoms with Crippen molar-refractivity contribution in [2.75, 3.05) is 18.8 Å². The number of thioether (sulfide) groups is 1. The van der Waals surface area contributed by atoms with Gasteiger partial charge < -0.3 is 9.32 Å². The van der Waals surface area contributed by atoms with E-state index in [1.165, 1.54) is 11.8 Å². The van der Waals surface area contributed by atoms with Gasteiger partial charge in [-0.3, -0.25) is 9.36 Å². The minimum atomic E-state index is 0.0169. The van der Waals surface area contributed by atoms with Crippen LogP contribution < -0.4 is 0 Å². The first kappa shape index (κ1) is 17.5. The molecule has 2 aromatic rings.